The standard InChI is InChI=1S/C17H17BrO4/c1-2-20-15-5-3-4-6-16(15)21-12-17(19)22-11-13-7-9-14(18)10-8-13/h3-10H,2,11-12H2,1H3. The van der Waals surface area contributed by atoms with E-state index in [1.165, 1.54) is 0 Å². The fourth-order valence-electron chi connectivity index (χ4n) is 1.77. The first-order valence-corrected chi connectivity index (χ1v) is 7.73. The normalized spacial score (nSPS) is 10.1. The molecule has 0 heterocycles. The van der Waals surface area contributed by atoms with Gasteiger partial charge in [-0.25, -0.2) is 4.79 Å². The Hall–Kier alpha value is -2.01. The van der Waals surface area contributed by atoms with Gasteiger partial charge in [-0.1, -0.05) is 40.2 Å². The summed E-state index contributed by atoms with van der Waals surface area (Å²) in [6.45, 7) is 2.50. The lowest BCUT2D eigenvalue weighted by Gasteiger charge is -2.11. The molecule has 4 nitrogen and oxygen atoms in total. The predicted molar refractivity (Wildman–Crippen MR) is 87.0 cm³/mol. The second-order valence-corrected chi connectivity index (χ2v) is 5.37. The highest BCUT2D eigenvalue weighted by molar-refractivity contribution is 9.10. The van der Waals surface area contributed by atoms with Crippen molar-refractivity contribution in [2.45, 2.75) is 13.5 Å². The number of rotatable bonds is 7. The van der Waals surface area contributed by atoms with E-state index in [9.17, 15) is 4.79 Å². The van der Waals surface area contributed by atoms with Crippen molar-refractivity contribution in [1.82, 2.24) is 0 Å². The molecule has 0 amide bonds. The van der Waals surface area contributed by atoms with Crippen LogP contribution in [0.25, 0.3) is 0 Å². The van der Waals surface area contributed by atoms with E-state index in [4.69, 9.17) is 14.2 Å². The highest BCUT2D eigenvalue weighted by Crippen LogP contribution is 2.26. The highest BCUT2D eigenvalue weighted by Gasteiger charge is 2.08. The number of carbonyl (C=O) groups excluding carboxylic acids is 1. The predicted octanol–water partition coefficient (Wildman–Crippen LogP) is 3.97. The third-order valence-electron chi connectivity index (χ3n) is 2.81. The van der Waals surface area contributed by atoms with Crippen LogP contribution in [0, 0.1) is 0 Å². The van der Waals surface area contributed by atoms with Gasteiger partial charge in [-0.3, -0.25) is 0 Å². The number of carbonyl (C=O) groups is 1. The number of hydrogen-bond acceptors (Lipinski definition) is 4. The number of ether oxygens (including phenoxy) is 3. The Morgan fingerprint density at radius 3 is 2.27 bits per heavy atom. The molecule has 0 aliphatic rings. The van der Waals surface area contributed by atoms with Gasteiger partial charge in [0, 0.05) is 4.47 Å². The largest absolute Gasteiger partial charge is 0.490 e. The number of esters is 1. The molecule has 0 atom stereocenters. The fraction of sp³-hybridized carbons (Fsp3) is 0.235. The Balaban J connectivity index is 1.81. The van der Waals surface area contributed by atoms with Crippen LogP contribution in [0.2, 0.25) is 0 Å². The zero-order valence-electron chi connectivity index (χ0n) is 12.3. The van der Waals surface area contributed by atoms with Gasteiger partial charge in [-0.2, -0.15) is 0 Å². The van der Waals surface area contributed by atoms with Crippen molar-refractivity contribution in [3.05, 3.63) is 58.6 Å². The first-order valence-electron chi connectivity index (χ1n) is 6.93. The molecule has 22 heavy (non-hydrogen) atoms. The quantitative estimate of drug-likeness (QED) is 0.697. The first kappa shape index (κ1) is 16.4. The molecule has 0 aliphatic carbocycles. The molecule has 0 saturated carbocycles. The molecule has 5 heteroatoms. The van der Waals surface area contributed by atoms with E-state index in [0.717, 1.165) is 10.0 Å². The molecule has 0 aliphatic heterocycles. The molecule has 0 bridgehead atoms. The van der Waals surface area contributed by atoms with Gasteiger partial charge in [0.05, 0.1) is 6.61 Å². The lowest BCUT2D eigenvalue weighted by molar-refractivity contribution is -0.147. The average molecular weight is 365 g/mol. The third kappa shape index (κ3) is 5.07. The van der Waals surface area contributed by atoms with Crippen molar-refractivity contribution >= 4 is 21.9 Å². The Labute approximate surface area is 138 Å². The van der Waals surface area contributed by atoms with Gasteiger partial charge in [0.15, 0.2) is 18.1 Å². The molecule has 116 valence electrons. The molecule has 2 aromatic carbocycles. The maximum atomic E-state index is 11.7. The summed E-state index contributed by atoms with van der Waals surface area (Å²) in [5, 5.41) is 0. The number of halogens is 1. The minimum absolute atomic E-state index is 0.152. The summed E-state index contributed by atoms with van der Waals surface area (Å²) in [6, 6.07) is 14.8. The summed E-state index contributed by atoms with van der Waals surface area (Å²) in [7, 11) is 0. The first-order chi connectivity index (χ1) is 10.7. The van der Waals surface area contributed by atoms with Crippen LogP contribution in [0.4, 0.5) is 0 Å². The summed E-state index contributed by atoms with van der Waals surface area (Å²) < 4.78 is 17.0. The Kier molecular flexibility index (Phi) is 6.27. The van der Waals surface area contributed by atoms with Crippen molar-refractivity contribution < 1.29 is 19.0 Å². The Morgan fingerprint density at radius 2 is 1.64 bits per heavy atom. The van der Waals surface area contributed by atoms with E-state index >= 15 is 0 Å². The molecule has 0 unspecified atom stereocenters. The average Bonchev–Trinajstić information content (AvgIpc) is 2.54. The van der Waals surface area contributed by atoms with Crippen LogP contribution < -0.4 is 9.47 Å². The van der Waals surface area contributed by atoms with E-state index in [1.807, 2.05) is 43.3 Å². The number of para-hydroxylation sites is 2. The molecule has 2 rings (SSSR count). The van der Waals surface area contributed by atoms with Crippen molar-refractivity contribution in [2.75, 3.05) is 13.2 Å². The van der Waals surface area contributed by atoms with Gasteiger partial charge in [-0.05, 0) is 36.8 Å². The maximum Gasteiger partial charge on any atom is 0.344 e. The van der Waals surface area contributed by atoms with Gasteiger partial charge < -0.3 is 14.2 Å². The fourth-order valence-corrected chi connectivity index (χ4v) is 2.03. The van der Waals surface area contributed by atoms with Crippen molar-refractivity contribution in [1.29, 1.82) is 0 Å². The third-order valence-corrected chi connectivity index (χ3v) is 3.34. The monoisotopic (exact) mass is 364 g/mol. The summed E-state index contributed by atoms with van der Waals surface area (Å²) in [5.74, 6) is 0.727. The van der Waals surface area contributed by atoms with Crippen LogP contribution in [-0.2, 0) is 16.1 Å². The van der Waals surface area contributed by atoms with Crippen LogP contribution >= 0.6 is 15.9 Å². The Morgan fingerprint density at radius 1 is 1.00 bits per heavy atom. The van der Waals surface area contributed by atoms with Crippen molar-refractivity contribution in [3.8, 4) is 11.5 Å². The second kappa shape index (κ2) is 8.44. The zero-order valence-corrected chi connectivity index (χ0v) is 13.8. The lowest BCUT2D eigenvalue weighted by atomic mass is 10.2. The number of hydrogen-bond donors (Lipinski definition) is 0. The summed E-state index contributed by atoms with van der Waals surface area (Å²) in [5.41, 5.74) is 0.922. The molecule has 0 saturated heterocycles. The van der Waals surface area contributed by atoms with Crippen molar-refractivity contribution in [2.24, 2.45) is 0 Å². The molecule has 0 spiro atoms. The maximum absolute atomic E-state index is 11.7. The van der Waals surface area contributed by atoms with Gasteiger partial charge >= 0.3 is 5.97 Å². The molecule has 0 aromatic heterocycles. The number of benzene rings is 2. The van der Waals surface area contributed by atoms with Crippen LogP contribution in [0.1, 0.15) is 12.5 Å². The lowest BCUT2D eigenvalue weighted by Crippen LogP contribution is -2.15. The van der Waals surface area contributed by atoms with Gasteiger partial charge in [0.1, 0.15) is 6.61 Å². The molecular formula is C17H17BrO4. The van der Waals surface area contributed by atoms with E-state index in [1.54, 1.807) is 12.1 Å². The summed E-state index contributed by atoms with van der Waals surface area (Å²) in [4.78, 5) is 11.7. The molecule has 2 aromatic rings. The zero-order chi connectivity index (χ0) is 15.8. The molecule has 0 radical (unpaired) electrons. The second-order valence-electron chi connectivity index (χ2n) is 4.46. The minimum atomic E-state index is -0.422. The molecule has 0 fully saturated rings. The highest BCUT2D eigenvalue weighted by atomic mass is 79.9. The van der Waals surface area contributed by atoms with E-state index in [0.29, 0.717) is 18.1 Å². The summed E-state index contributed by atoms with van der Waals surface area (Å²) >= 11 is 3.36. The van der Waals surface area contributed by atoms with Crippen LogP contribution in [0.3, 0.4) is 0 Å². The van der Waals surface area contributed by atoms with E-state index < -0.39 is 5.97 Å². The van der Waals surface area contributed by atoms with Gasteiger partial charge in [0.25, 0.3) is 0 Å². The van der Waals surface area contributed by atoms with Crippen molar-refractivity contribution in [3.63, 3.8) is 0 Å². The minimum Gasteiger partial charge on any atom is -0.490 e. The topological polar surface area (TPSA) is 44.8 Å². The Bertz CT molecular complexity index is 610. The molecule has 0 N–H and O–H groups in total. The van der Waals surface area contributed by atoms with E-state index in [2.05, 4.69) is 15.9 Å². The van der Waals surface area contributed by atoms with Gasteiger partial charge in [0.2, 0.25) is 0 Å². The molecular weight excluding hydrogens is 348 g/mol. The SMILES string of the molecule is CCOc1ccccc1OCC(=O)OCc1ccc(Br)cc1. The van der Waals surface area contributed by atoms with Crippen LogP contribution in [0.15, 0.2) is 53.0 Å². The van der Waals surface area contributed by atoms with Gasteiger partial charge in [-0.15, -0.1) is 0 Å². The van der Waals surface area contributed by atoms with Crippen LogP contribution in [0.5, 0.6) is 11.5 Å². The van der Waals surface area contributed by atoms with Crippen LogP contribution in [-0.4, -0.2) is 19.2 Å². The summed E-state index contributed by atoms with van der Waals surface area (Å²) in [6.07, 6.45) is 0. The smallest absolute Gasteiger partial charge is 0.344 e. The van der Waals surface area contributed by atoms with E-state index in [-0.39, 0.29) is 13.2 Å².